The van der Waals surface area contributed by atoms with Crippen LogP contribution in [0.3, 0.4) is 0 Å². The van der Waals surface area contributed by atoms with Crippen molar-refractivity contribution in [3.63, 3.8) is 0 Å². The summed E-state index contributed by atoms with van der Waals surface area (Å²) in [6.45, 7) is 7.73. The largest absolute Gasteiger partial charge is 0.366 e. The Bertz CT molecular complexity index is 1340. The Kier molecular flexibility index (Phi) is 4.19. The summed E-state index contributed by atoms with van der Waals surface area (Å²) in [5.41, 5.74) is 9.53. The first-order chi connectivity index (χ1) is 15.5. The molecule has 1 aromatic carbocycles. The van der Waals surface area contributed by atoms with E-state index in [4.69, 9.17) is 5.73 Å². The second kappa shape index (κ2) is 6.99. The Balaban J connectivity index is 1.42. The van der Waals surface area contributed by atoms with E-state index in [9.17, 15) is 4.79 Å². The molecule has 10 nitrogen and oxygen atoms in total. The summed E-state index contributed by atoms with van der Waals surface area (Å²) in [7, 11) is 0. The molecule has 1 amide bonds. The highest BCUT2D eigenvalue weighted by Crippen LogP contribution is 2.49. The lowest BCUT2D eigenvalue weighted by molar-refractivity contribution is 0.100. The highest BCUT2D eigenvalue weighted by Gasteiger charge is 2.52. The van der Waals surface area contributed by atoms with Gasteiger partial charge in [-0.1, -0.05) is 0 Å². The number of hydrogen-bond donors (Lipinski definition) is 3. The van der Waals surface area contributed by atoms with Crippen molar-refractivity contribution in [1.82, 2.24) is 40.1 Å². The molecule has 1 unspecified atom stereocenters. The van der Waals surface area contributed by atoms with Gasteiger partial charge in [0.1, 0.15) is 5.69 Å². The van der Waals surface area contributed by atoms with Crippen LogP contribution >= 0.6 is 0 Å². The van der Waals surface area contributed by atoms with Crippen molar-refractivity contribution in [2.75, 3.05) is 13.1 Å². The highest BCUT2D eigenvalue weighted by molar-refractivity contribution is 6.02. The summed E-state index contributed by atoms with van der Waals surface area (Å²) in [4.78, 5) is 15.4. The van der Waals surface area contributed by atoms with E-state index in [1.165, 1.54) is 0 Å². The van der Waals surface area contributed by atoms with Crippen molar-refractivity contribution in [3.05, 3.63) is 35.7 Å². The third-order valence-corrected chi connectivity index (χ3v) is 6.89. The zero-order chi connectivity index (χ0) is 22.0. The number of nitrogens with one attached hydrogen (secondary N) is 2. The summed E-state index contributed by atoms with van der Waals surface area (Å²) in [5.74, 6) is 2.82. The lowest BCUT2D eigenvalue weighted by Crippen LogP contribution is -2.17. The molecule has 4 N–H and O–H groups in total. The van der Waals surface area contributed by atoms with Gasteiger partial charge in [-0.2, -0.15) is 10.2 Å². The van der Waals surface area contributed by atoms with Crippen LogP contribution in [0.15, 0.2) is 24.4 Å². The Morgan fingerprint density at radius 3 is 2.69 bits per heavy atom. The van der Waals surface area contributed by atoms with E-state index in [0.717, 1.165) is 65.9 Å². The average Bonchev–Trinajstić information content (AvgIpc) is 3.37. The van der Waals surface area contributed by atoms with Crippen molar-refractivity contribution < 1.29 is 4.79 Å². The van der Waals surface area contributed by atoms with E-state index in [0.29, 0.717) is 23.1 Å². The topological polar surface area (TPSA) is 132 Å². The Morgan fingerprint density at radius 1 is 1.16 bits per heavy atom. The molecule has 2 aliphatic rings. The minimum absolute atomic E-state index is 0.430. The number of fused-ring (bicyclic) bond motifs is 2. The van der Waals surface area contributed by atoms with Gasteiger partial charge in [-0.25, -0.2) is 0 Å². The molecule has 6 rings (SSSR count). The minimum atomic E-state index is -0.479. The summed E-state index contributed by atoms with van der Waals surface area (Å²) in [6.07, 6.45) is 1.84. The van der Waals surface area contributed by atoms with Gasteiger partial charge < -0.3 is 16.0 Å². The second-order valence-corrected chi connectivity index (χ2v) is 8.81. The highest BCUT2D eigenvalue weighted by atomic mass is 16.1. The van der Waals surface area contributed by atoms with Gasteiger partial charge in [-0.3, -0.25) is 14.2 Å². The van der Waals surface area contributed by atoms with Crippen LogP contribution in [0, 0.1) is 24.7 Å². The van der Waals surface area contributed by atoms with E-state index < -0.39 is 5.91 Å². The van der Waals surface area contributed by atoms with Crippen LogP contribution in [0.1, 0.15) is 23.0 Å². The Hall–Kier alpha value is -3.53. The van der Waals surface area contributed by atoms with Gasteiger partial charge in [0, 0.05) is 29.6 Å². The summed E-state index contributed by atoms with van der Waals surface area (Å²) < 4.78 is 3.88. The second-order valence-electron chi connectivity index (χ2n) is 8.81. The third-order valence-electron chi connectivity index (χ3n) is 6.89. The SMILES string of the molecule is CCn1nc(C)cc1-c1nnc(-c2cc(C(N)=O)cc3c2cnn3CC2[C@H]3CNC[C@@H]23)[nH]1. The summed E-state index contributed by atoms with van der Waals surface area (Å²) in [5, 5.41) is 22.2. The van der Waals surface area contributed by atoms with Crippen LogP contribution in [0.5, 0.6) is 0 Å². The monoisotopic (exact) mass is 431 g/mol. The maximum absolute atomic E-state index is 12.1. The number of aromatic amines is 1. The van der Waals surface area contributed by atoms with E-state index >= 15 is 0 Å². The zero-order valence-corrected chi connectivity index (χ0v) is 18.0. The van der Waals surface area contributed by atoms with Gasteiger partial charge in [0.2, 0.25) is 5.91 Å². The predicted molar refractivity (Wildman–Crippen MR) is 119 cm³/mol. The molecule has 1 saturated carbocycles. The molecule has 0 radical (unpaired) electrons. The number of carbonyl (C=O) groups is 1. The van der Waals surface area contributed by atoms with Crippen molar-refractivity contribution in [2.24, 2.45) is 23.5 Å². The van der Waals surface area contributed by atoms with Crippen LogP contribution in [0.25, 0.3) is 33.8 Å². The number of H-pyrrole nitrogens is 1. The number of aryl methyl sites for hydroxylation is 2. The van der Waals surface area contributed by atoms with E-state index in [1.807, 2.05) is 41.5 Å². The van der Waals surface area contributed by atoms with Crippen molar-refractivity contribution in [3.8, 4) is 22.9 Å². The molecular formula is C22H25N9O. The molecular weight excluding hydrogens is 406 g/mol. The van der Waals surface area contributed by atoms with Crippen molar-refractivity contribution >= 4 is 16.8 Å². The molecule has 2 fully saturated rings. The van der Waals surface area contributed by atoms with Crippen LogP contribution in [0.2, 0.25) is 0 Å². The lowest BCUT2D eigenvalue weighted by atomic mass is 10.0. The van der Waals surface area contributed by atoms with E-state index in [-0.39, 0.29) is 0 Å². The molecule has 1 aliphatic carbocycles. The summed E-state index contributed by atoms with van der Waals surface area (Å²) in [6, 6.07) is 5.57. The van der Waals surface area contributed by atoms with Crippen LogP contribution in [-0.2, 0) is 13.1 Å². The number of carbonyl (C=O) groups excluding carboxylic acids is 1. The van der Waals surface area contributed by atoms with Gasteiger partial charge in [0.05, 0.1) is 17.4 Å². The van der Waals surface area contributed by atoms with Crippen LogP contribution < -0.4 is 11.1 Å². The molecule has 4 heterocycles. The number of piperidine rings is 1. The van der Waals surface area contributed by atoms with Crippen LogP contribution in [-0.4, -0.2) is 53.7 Å². The first kappa shape index (κ1) is 19.2. The number of primary amides is 1. The quantitative estimate of drug-likeness (QED) is 0.425. The lowest BCUT2D eigenvalue weighted by Gasteiger charge is -2.08. The molecule has 3 atom stereocenters. The van der Waals surface area contributed by atoms with Crippen molar-refractivity contribution in [1.29, 1.82) is 0 Å². The average molecular weight is 432 g/mol. The maximum Gasteiger partial charge on any atom is 0.248 e. The fourth-order valence-corrected chi connectivity index (χ4v) is 5.15. The molecule has 1 aliphatic heterocycles. The van der Waals surface area contributed by atoms with Gasteiger partial charge >= 0.3 is 0 Å². The number of nitrogens with zero attached hydrogens (tertiary/aromatic N) is 6. The number of hydrogen-bond acceptors (Lipinski definition) is 6. The number of rotatable bonds is 6. The van der Waals surface area contributed by atoms with Gasteiger partial charge in [-0.15, -0.1) is 10.2 Å². The summed E-state index contributed by atoms with van der Waals surface area (Å²) >= 11 is 0. The number of aromatic nitrogens is 7. The van der Waals surface area contributed by atoms with Crippen LogP contribution in [0.4, 0.5) is 0 Å². The van der Waals surface area contributed by atoms with E-state index in [1.54, 1.807) is 6.07 Å². The Morgan fingerprint density at radius 2 is 1.94 bits per heavy atom. The maximum atomic E-state index is 12.1. The minimum Gasteiger partial charge on any atom is -0.366 e. The van der Waals surface area contributed by atoms with Gasteiger partial charge in [0.15, 0.2) is 11.6 Å². The standard InChI is InChI=1S/C22H25N9O/c1-3-30-19(4-11(2)29-30)22-26-21(27-28-22)13-5-12(20(23)32)6-18-16(13)9-25-31(18)10-17-14-7-24-8-15(14)17/h4-6,9,14-15,17,24H,3,7-8,10H2,1-2H3,(H2,23,32)(H,26,27,28)/t14-,15+,17?. The first-order valence-electron chi connectivity index (χ1n) is 11.0. The molecule has 0 bridgehead atoms. The van der Waals surface area contributed by atoms with E-state index in [2.05, 4.69) is 30.7 Å². The molecule has 4 aromatic rings. The first-order valence-corrected chi connectivity index (χ1v) is 11.0. The number of benzene rings is 1. The molecule has 0 spiro atoms. The fourth-order valence-electron chi connectivity index (χ4n) is 5.15. The smallest absolute Gasteiger partial charge is 0.248 e. The molecule has 1 saturated heterocycles. The molecule has 32 heavy (non-hydrogen) atoms. The third kappa shape index (κ3) is 2.94. The Labute approximate surface area is 184 Å². The molecule has 10 heteroatoms. The predicted octanol–water partition coefficient (Wildman–Crippen LogP) is 1.58. The number of amides is 1. The number of nitrogens with two attached hydrogens (primary N) is 1. The normalized spacial score (nSPS) is 21.9. The van der Waals surface area contributed by atoms with Crippen molar-refractivity contribution in [2.45, 2.75) is 26.9 Å². The molecule has 3 aromatic heterocycles. The fraction of sp³-hybridized carbons (Fsp3) is 0.409. The zero-order valence-electron chi connectivity index (χ0n) is 18.0. The van der Waals surface area contributed by atoms with Gasteiger partial charge in [-0.05, 0) is 62.9 Å². The van der Waals surface area contributed by atoms with Gasteiger partial charge in [0.25, 0.3) is 0 Å². The molecule has 164 valence electrons.